The Morgan fingerprint density at radius 1 is 1.31 bits per heavy atom. The Morgan fingerprint density at radius 3 is 2.97 bits per heavy atom. The third-order valence-electron chi connectivity index (χ3n) is 5.15. The van der Waals surface area contributed by atoms with Crippen molar-refractivity contribution in [3.05, 3.63) is 59.1 Å². The molecule has 1 aromatic carbocycles. The van der Waals surface area contributed by atoms with Crippen LogP contribution in [0.5, 0.6) is 0 Å². The van der Waals surface area contributed by atoms with Crippen LogP contribution in [-0.4, -0.2) is 44.9 Å². The molecular weight excluding hydrogens is 370 g/mol. The number of hydrogen-bond acceptors (Lipinski definition) is 4. The Hall–Kier alpha value is -3.23. The standard InChI is InChI=1S/C20H18BFN6O/c21-9-11-7-14(19-27-26-18(12-1-2-12)28(19)10-11)20(29)23-6-5-17-24-15-4-3-13(22)8-16(15)25-17/h3-4,7-8,10,12H,1-2,5-6,9H2,(H,23,29)(H,24,25). The van der Waals surface area contributed by atoms with Crippen LogP contribution in [0.25, 0.3) is 16.7 Å². The summed E-state index contributed by atoms with van der Waals surface area (Å²) in [6, 6.07) is 6.17. The molecule has 5 rings (SSSR count). The van der Waals surface area contributed by atoms with Crippen molar-refractivity contribution in [3.8, 4) is 0 Å². The topological polar surface area (TPSA) is 88.0 Å². The maximum atomic E-state index is 13.3. The lowest BCUT2D eigenvalue weighted by molar-refractivity contribution is 0.0955. The van der Waals surface area contributed by atoms with E-state index in [0.29, 0.717) is 53.3 Å². The fourth-order valence-electron chi connectivity index (χ4n) is 3.51. The number of aromatic amines is 1. The first-order valence-corrected chi connectivity index (χ1v) is 9.62. The van der Waals surface area contributed by atoms with Gasteiger partial charge in [0.05, 0.1) is 24.4 Å². The number of rotatable bonds is 6. The highest BCUT2D eigenvalue weighted by Gasteiger charge is 2.29. The van der Waals surface area contributed by atoms with Gasteiger partial charge in [0.2, 0.25) is 0 Å². The minimum Gasteiger partial charge on any atom is -0.351 e. The Morgan fingerprint density at radius 2 is 2.17 bits per heavy atom. The van der Waals surface area contributed by atoms with Gasteiger partial charge >= 0.3 is 0 Å². The number of fused-ring (bicyclic) bond motifs is 2. The number of amides is 1. The lowest BCUT2D eigenvalue weighted by Crippen LogP contribution is -2.26. The number of pyridine rings is 1. The number of benzene rings is 1. The number of carbonyl (C=O) groups is 1. The van der Waals surface area contributed by atoms with Crippen molar-refractivity contribution in [2.75, 3.05) is 6.54 Å². The van der Waals surface area contributed by atoms with E-state index in [-0.39, 0.29) is 11.7 Å². The van der Waals surface area contributed by atoms with Crippen LogP contribution >= 0.6 is 0 Å². The predicted molar refractivity (Wildman–Crippen MR) is 107 cm³/mol. The number of carbonyl (C=O) groups excluding carboxylic acids is 1. The molecule has 1 saturated carbocycles. The Balaban J connectivity index is 1.34. The second kappa shape index (κ2) is 6.99. The zero-order valence-electron chi connectivity index (χ0n) is 15.7. The van der Waals surface area contributed by atoms with Gasteiger partial charge < -0.3 is 10.3 Å². The van der Waals surface area contributed by atoms with Crippen molar-refractivity contribution in [1.29, 1.82) is 0 Å². The van der Waals surface area contributed by atoms with E-state index in [1.54, 1.807) is 12.1 Å². The summed E-state index contributed by atoms with van der Waals surface area (Å²) in [6.45, 7) is 0.379. The molecule has 144 valence electrons. The van der Waals surface area contributed by atoms with Crippen molar-refractivity contribution in [2.24, 2.45) is 0 Å². The number of imidazole rings is 1. The average Bonchev–Trinajstić information content (AvgIpc) is 3.34. The highest BCUT2D eigenvalue weighted by molar-refractivity contribution is 6.08. The Bertz CT molecular complexity index is 1230. The molecule has 9 heteroatoms. The highest BCUT2D eigenvalue weighted by atomic mass is 19.1. The molecule has 0 saturated heterocycles. The van der Waals surface area contributed by atoms with Gasteiger partial charge in [0.25, 0.3) is 5.91 Å². The van der Waals surface area contributed by atoms with E-state index in [1.165, 1.54) is 12.1 Å². The quantitative estimate of drug-likeness (QED) is 0.496. The van der Waals surface area contributed by atoms with Crippen molar-refractivity contribution in [2.45, 2.75) is 31.5 Å². The minimum absolute atomic E-state index is 0.234. The molecule has 7 nitrogen and oxygen atoms in total. The molecule has 0 unspecified atom stereocenters. The summed E-state index contributed by atoms with van der Waals surface area (Å²) in [6.07, 6.45) is 4.92. The molecule has 1 aliphatic carbocycles. The zero-order valence-corrected chi connectivity index (χ0v) is 15.7. The minimum atomic E-state index is -0.316. The van der Waals surface area contributed by atoms with E-state index < -0.39 is 0 Å². The third kappa shape index (κ3) is 3.37. The molecular formula is C20H18BFN6O. The van der Waals surface area contributed by atoms with Gasteiger partial charge in [-0.3, -0.25) is 9.20 Å². The normalized spacial score (nSPS) is 14.0. The first-order chi connectivity index (χ1) is 14.1. The van der Waals surface area contributed by atoms with E-state index in [0.717, 1.165) is 24.2 Å². The monoisotopic (exact) mass is 388 g/mol. The van der Waals surface area contributed by atoms with Crippen LogP contribution in [0.4, 0.5) is 4.39 Å². The molecule has 0 atom stereocenters. The molecule has 29 heavy (non-hydrogen) atoms. The van der Waals surface area contributed by atoms with Gasteiger partial charge in [-0.2, -0.15) is 0 Å². The molecule has 0 spiro atoms. The molecule has 2 N–H and O–H groups in total. The van der Waals surface area contributed by atoms with Crippen LogP contribution in [0.1, 0.15) is 46.3 Å². The van der Waals surface area contributed by atoms with Crippen LogP contribution in [0, 0.1) is 5.82 Å². The molecule has 4 aromatic rings. The fourth-order valence-corrected chi connectivity index (χ4v) is 3.51. The van der Waals surface area contributed by atoms with Crippen molar-refractivity contribution < 1.29 is 9.18 Å². The first kappa shape index (κ1) is 17.8. The van der Waals surface area contributed by atoms with E-state index in [4.69, 9.17) is 7.85 Å². The molecule has 1 amide bonds. The fraction of sp³-hybridized carbons (Fsp3) is 0.300. The highest BCUT2D eigenvalue weighted by Crippen LogP contribution is 2.39. The summed E-state index contributed by atoms with van der Waals surface area (Å²) in [4.78, 5) is 20.3. The summed E-state index contributed by atoms with van der Waals surface area (Å²) in [5.74, 6) is 1.43. The lowest BCUT2D eigenvalue weighted by atomic mass is 9.97. The SMILES string of the molecule is [B]Cc1cc(C(=O)NCCc2nc3ccc(F)cc3[nH]2)c2nnc(C3CC3)n2c1. The number of halogens is 1. The van der Waals surface area contributed by atoms with E-state index >= 15 is 0 Å². The summed E-state index contributed by atoms with van der Waals surface area (Å²) >= 11 is 0. The van der Waals surface area contributed by atoms with Crippen molar-refractivity contribution in [1.82, 2.24) is 29.9 Å². The van der Waals surface area contributed by atoms with E-state index in [2.05, 4.69) is 25.5 Å². The molecule has 0 bridgehead atoms. The van der Waals surface area contributed by atoms with Crippen LogP contribution < -0.4 is 5.32 Å². The molecule has 1 aliphatic rings. The van der Waals surface area contributed by atoms with Gasteiger partial charge in [0.15, 0.2) is 5.65 Å². The number of hydrogen-bond donors (Lipinski definition) is 2. The number of nitrogens with zero attached hydrogens (tertiary/aromatic N) is 4. The summed E-state index contributed by atoms with van der Waals surface area (Å²) in [5.41, 5.74) is 3.18. The zero-order chi connectivity index (χ0) is 20.0. The largest absolute Gasteiger partial charge is 0.351 e. The van der Waals surface area contributed by atoms with Crippen LogP contribution in [0.15, 0.2) is 30.5 Å². The summed E-state index contributed by atoms with van der Waals surface area (Å²) < 4.78 is 15.2. The Labute approximate surface area is 167 Å². The predicted octanol–water partition coefficient (Wildman–Crippen LogP) is 2.26. The van der Waals surface area contributed by atoms with E-state index in [9.17, 15) is 9.18 Å². The first-order valence-electron chi connectivity index (χ1n) is 9.62. The van der Waals surface area contributed by atoms with Gasteiger partial charge in [-0.15, -0.1) is 10.2 Å². The number of nitrogens with one attached hydrogen (secondary N) is 2. The maximum Gasteiger partial charge on any atom is 0.255 e. The number of H-pyrrole nitrogens is 1. The van der Waals surface area contributed by atoms with Gasteiger partial charge in [-0.25, -0.2) is 9.37 Å². The molecule has 3 aromatic heterocycles. The van der Waals surface area contributed by atoms with Crippen LogP contribution in [-0.2, 0) is 12.7 Å². The lowest BCUT2D eigenvalue weighted by Gasteiger charge is -2.08. The number of aromatic nitrogens is 5. The van der Waals surface area contributed by atoms with Crippen molar-refractivity contribution >= 4 is 30.4 Å². The van der Waals surface area contributed by atoms with Gasteiger partial charge in [-0.1, -0.05) is 6.32 Å². The third-order valence-corrected chi connectivity index (χ3v) is 5.15. The van der Waals surface area contributed by atoms with Crippen molar-refractivity contribution in [3.63, 3.8) is 0 Å². The van der Waals surface area contributed by atoms with Gasteiger partial charge in [0, 0.05) is 25.1 Å². The molecule has 3 heterocycles. The molecule has 1 fully saturated rings. The van der Waals surface area contributed by atoms with Gasteiger partial charge in [0.1, 0.15) is 17.5 Å². The molecule has 0 aliphatic heterocycles. The van der Waals surface area contributed by atoms with Gasteiger partial charge in [-0.05, 0) is 42.7 Å². The molecule has 2 radical (unpaired) electrons. The van der Waals surface area contributed by atoms with Crippen LogP contribution in [0.2, 0.25) is 0 Å². The summed E-state index contributed by atoms with van der Waals surface area (Å²) in [5, 5.41) is 11.4. The maximum absolute atomic E-state index is 13.3. The smallest absolute Gasteiger partial charge is 0.255 e. The second-order valence-corrected chi connectivity index (χ2v) is 7.34. The Kier molecular flexibility index (Phi) is 4.30. The summed E-state index contributed by atoms with van der Waals surface area (Å²) in [7, 11) is 5.82. The van der Waals surface area contributed by atoms with Crippen LogP contribution in [0.3, 0.4) is 0 Å². The average molecular weight is 388 g/mol. The van der Waals surface area contributed by atoms with E-state index in [1.807, 2.05) is 10.6 Å². The second-order valence-electron chi connectivity index (χ2n) is 7.34.